The third-order valence-corrected chi connectivity index (χ3v) is 4.48. The maximum atomic E-state index is 10.5. The van der Waals surface area contributed by atoms with E-state index in [-0.39, 0.29) is 10.6 Å². The quantitative estimate of drug-likeness (QED) is 0.662. The minimum Gasteiger partial charge on any atom is -0.312 e. The number of benzene rings is 1. The summed E-state index contributed by atoms with van der Waals surface area (Å²) in [5.74, 6) is 1.14. The van der Waals surface area contributed by atoms with Gasteiger partial charge in [0.2, 0.25) is 0 Å². The topological polar surface area (TPSA) is 55.2 Å². The predicted octanol–water partition coefficient (Wildman–Crippen LogP) is 2.23. The van der Waals surface area contributed by atoms with E-state index < -0.39 is 0 Å². The zero-order valence-electron chi connectivity index (χ0n) is 9.76. The Bertz CT molecular complexity index is 394. The van der Waals surface area contributed by atoms with E-state index in [9.17, 15) is 10.1 Å². The lowest BCUT2D eigenvalue weighted by atomic mass is 10.1. The van der Waals surface area contributed by atoms with Crippen molar-refractivity contribution >= 4 is 17.4 Å². The molecule has 1 N–H and O–H groups in total. The van der Waals surface area contributed by atoms with Gasteiger partial charge in [0, 0.05) is 35.7 Å². The first-order chi connectivity index (χ1) is 8.16. The van der Waals surface area contributed by atoms with Gasteiger partial charge in [-0.25, -0.2) is 0 Å². The molecule has 0 bridgehead atoms. The van der Waals surface area contributed by atoms with Gasteiger partial charge in [-0.15, -0.1) is 0 Å². The molecule has 1 saturated heterocycles. The molecule has 17 heavy (non-hydrogen) atoms. The van der Waals surface area contributed by atoms with Crippen LogP contribution in [0.15, 0.2) is 24.3 Å². The average molecular weight is 252 g/mol. The summed E-state index contributed by atoms with van der Waals surface area (Å²) in [6, 6.07) is 7.39. The maximum absolute atomic E-state index is 10.5. The van der Waals surface area contributed by atoms with Crippen molar-refractivity contribution < 1.29 is 4.92 Å². The minimum atomic E-state index is -0.358. The molecule has 0 radical (unpaired) electrons. The smallest absolute Gasteiger partial charge is 0.269 e. The van der Waals surface area contributed by atoms with Crippen molar-refractivity contribution in [2.24, 2.45) is 0 Å². The van der Waals surface area contributed by atoms with E-state index >= 15 is 0 Å². The van der Waals surface area contributed by atoms with Gasteiger partial charge in [-0.3, -0.25) is 10.1 Å². The van der Waals surface area contributed by atoms with Crippen molar-refractivity contribution in [3.63, 3.8) is 0 Å². The summed E-state index contributed by atoms with van der Waals surface area (Å²) in [6.07, 6.45) is 0.969. The third kappa shape index (κ3) is 3.20. The Hall–Kier alpha value is -1.07. The Labute approximate surface area is 105 Å². The number of non-ortho nitro benzene ring substituents is 1. The highest BCUT2D eigenvalue weighted by atomic mass is 32.2. The molecule has 2 rings (SSSR count). The molecule has 1 aromatic rings. The average Bonchev–Trinajstić information content (AvgIpc) is 2.33. The van der Waals surface area contributed by atoms with Crippen molar-refractivity contribution in [1.82, 2.24) is 5.32 Å². The molecular weight excluding hydrogens is 236 g/mol. The van der Waals surface area contributed by atoms with E-state index in [1.54, 1.807) is 12.1 Å². The Balaban J connectivity index is 2.00. The highest BCUT2D eigenvalue weighted by Gasteiger charge is 2.21. The van der Waals surface area contributed by atoms with Gasteiger partial charge in [0.05, 0.1) is 4.92 Å². The molecule has 2 unspecified atom stereocenters. The van der Waals surface area contributed by atoms with Crippen LogP contribution in [-0.4, -0.2) is 28.5 Å². The molecule has 0 amide bonds. The zero-order valence-corrected chi connectivity index (χ0v) is 10.6. The van der Waals surface area contributed by atoms with E-state index in [1.807, 2.05) is 23.9 Å². The number of rotatable bonds is 3. The highest BCUT2D eigenvalue weighted by molar-refractivity contribution is 8.00. The molecule has 0 aliphatic carbocycles. The van der Waals surface area contributed by atoms with E-state index in [0.29, 0.717) is 11.3 Å². The number of hydrogen-bond donors (Lipinski definition) is 1. The van der Waals surface area contributed by atoms with Crippen LogP contribution in [0, 0.1) is 10.1 Å². The van der Waals surface area contributed by atoms with Gasteiger partial charge in [-0.1, -0.05) is 12.1 Å². The van der Waals surface area contributed by atoms with E-state index in [4.69, 9.17) is 0 Å². The molecule has 5 heteroatoms. The second-order valence-electron chi connectivity index (χ2n) is 4.28. The fourth-order valence-electron chi connectivity index (χ4n) is 1.99. The lowest BCUT2D eigenvalue weighted by molar-refractivity contribution is -0.384. The first-order valence-corrected chi connectivity index (χ1v) is 6.80. The number of nitro groups is 1. The molecule has 0 saturated carbocycles. The van der Waals surface area contributed by atoms with Crippen LogP contribution in [0.5, 0.6) is 0 Å². The second kappa shape index (κ2) is 5.51. The van der Waals surface area contributed by atoms with Crippen LogP contribution in [-0.2, 0) is 6.42 Å². The van der Waals surface area contributed by atoms with Crippen molar-refractivity contribution in [3.05, 3.63) is 39.9 Å². The van der Waals surface area contributed by atoms with Gasteiger partial charge in [-0.2, -0.15) is 11.8 Å². The monoisotopic (exact) mass is 252 g/mol. The number of thioether (sulfide) groups is 1. The highest BCUT2D eigenvalue weighted by Crippen LogP contribution is 2.23. The van der Waals surface area contributed by atoms with E-state index in [0.717, 1.165) is 18.7 Å². The van der Waals surface area contributed by atoms with Crippen LogP contribution in [0.25, 0.3) is 0 Å². The van der Waals surface area contributed by atoms with E-state index in [1.165, 1.54) is 5.56 Å². The summed E-state index contributed by atoms with van der Waals surface area (Å²) in [5.41, 5.74) is 1.33. The van der Waals surface area contributed by atoms with Gasteiger partial charge in [-0.05, 0) is 18.9 Å². The number of nitrogens with zero attached hydrogens (tertiary/aromatic N) is 1. The van der Waals surface area contributed by atoms with Crippen molar-refractivity contribution in [2.45, 2.75) is 24.6 Å². The summed E-state index contributed by atoms with van der Waals surface area (Å²) in [5, 5.41) is 14.6. The second-order valence-corrected chi connectivity index (χ2v) is 5.63. The lowest BCUT2D eigenvalue weighted by Crippen LogP contribution is -2.42. The van der Waals surface area contributed by atoms with Crippen LogP contribution in [0.3, 0.4) is 0 Å². The maximum Gasteiger partial charge on any atom is 0.269 e. The van der Waals surface area contributed by atoms with Gasteiger partial charge in [0.1, 0.15) is 0 Å². The molecule has 1 aromatic carbocycles. The van der Waals surface area contributed by atoms with Crippen LogP contribution < -0.4 is 5.32 Å². The van der Waals surface area contributed by atoms with E-state index in [2.05, 4.69) is 12.2 Å². The molecule has 0 aromatic heterocycles. The van der Waals surface area contributed by atoms with Crippen LogP contribution in [0.1, 0.15) is 12.5 Å². The van der Waals surface area contributed by atoms with Gasteiger partial charge >= 0.3 is 0 Å². The van der Waals surface area contributed by atoms with Gasteiger partial charge < -0.3 is 5.32 Å². The molecule has 1 aliphatic rings. The summed E-state index contributed by atoms with van der Waals surface area (Å²) >= 11 is 1.98. The minimum absolute atomic E-state index is 0.163. The largest absolute Gasteiger partial charge is 0.312 e. The Morgan fingerprint density at radius 1 is 1.47 bits per heavy atom. The van der Waals surface area contributed by atoms with Crippen LogP contribution >= 0.6 is 11.8 Å². The molecule has 1 fully saturated rings. The Kier molecular flexibility index (Phi) is 4.02. The molecule has 1 heterocycles. The number of nitrogens with one attached hydrogen (secondary N) is 1. The van der Waals surface area contributed by atoms with Gasteiger partial charge in [0.25, 0.3) is 5.69 Å². The zero-order chi connectivity index (χ0) is 12.3. The van der Waals surface area contributed by atoms with Crippen LogP contribution in [0.2, 0.25) is 0 Å². The van der Waals surface area contributed by atoms with Gasteiger partial charge in [0.15, 0.2) is 0 Å². The first kappa shape index (κ1) is 12.4. The molecule has 4 nitrogen and oxygen atoms in total. The fraction of sp³-hybridized carbons (Fsp3) is 0.500. The summed E-state index contributed by atoms with van der Waals surface area (Å²) < 4.78 is 0. The molecule has 1 aliphatic heterocycles. The first-order valence-electron chi connectivity index (χ1n) is 5.75. The number of nitro benzene ring substituents is 1. The third-order valence-electron chi connectivity index (χ3n) is 3.04. The molecule has 92 valence electrons. The van der Waals surface area contributed by atoms with Crippen molar-refractivity contribution in [1.29, 1.82) is 0 Å². The lowest BCUT2D eigenvalue weighted by Gasteiger charge is -2.29. The molecule has 2 atom stereocenters. The van der Waals surface area contributed by atoms with Crippen molar-refractivity contribution in [3.8, 4) is 0 Å². The van der Waals surface area contributed by atoms with Crippen molar-refractivity contribution in [2.75, 3.05) is 12.3 Å². The predicted molar refractivity (Wildman–Crippen MR) is 70.5 cm³/mol. The Morgan fingerprint density at radius 2 is 2.18 bits per heavy atom. The number of hydrogen-bond acceptors (Lipinski definition) is 4. The summed E-state index contributed by atoms with van der Waals surface area (Å²) in [7, 11) is 0. The standard InChI is InChI=1S/C12H16N2O2S/c1-9-12(17-7-6-13-9)8-10-2-4-11(5-3-10)14(15)16/h2-5,9,12-13H,6-8H2,1H3. The fourth-order valence-corrected chi connectivity index (χ4v) is 3.23. The summed E-state index contributed by atoms with van der Waals surface area (Å²) in [4.78, 5) is 10.2. The normalized spacial score (nSPS) is 24.5. The summed E-state index contributed by atoms with van der Waals surface area (Å²) in [6.45, 7) is 3.27. The molecule has 0 spiro atoms. The SMILES string of the molecule is CC1NCCSC1Cc1ccc([N+](=O)[O-])cc1. The molecular formula is C12H16N2O2S. The Morgan fingerprint density at radius 3 is 2.76 bits per heavy atom. The van der Waals surface area contributed by atoms with Crippen LogP contribution in [0.4, 0.5) is 5.69 Å².